The number of carbonyl (C=O) groups excluding carboxylic acids is 1. The van der Waals surface area contributed by atoms with Crippen LogP contribution in [0, 0.1) is 41.4 Å². The van der Waals surface area contributed by atoms with E-state index in [1.54, 1.807) is 0 Å². The van der Waals surface area contributed by atoms with E-state index >= 15 is 0 Å². The molecule has 0 saturated heterocycles. The lowest BCUT2D eigenvalue weighted by atomic mass is 9.48. The fraction of sp³-hybridized carbons (Fsp3) is 0.682. The second-order valence-electron chi connectivity index (χ2n) is 8.55. The zero-order valence-corrected chi connectivity index (χ0v) is 15.9. The van der Waals surface area contributed by atoms with Gasteiger partial charge in [-0.15, -0.1) is 18.8 Å². The first-order valence-electron chi connectivity index (χ1n) is 9.57. The molecule has 0 unspecified atom stereocenters. The molecule has 0 aromatic carbocycles. The van der Waals surface area contributed by atoms with Gasteiger partial charge in [0.25, 0.3) is 0 Å². The van der Waals surface area contributed by atoms with Crippen molar-refractivity contribution in [2.45, 2.75) is 63.9 Å². The third kappa shape index (κ3) is 2.39. The molecule has 0 aromatic rings. The molecule has 0 aromatic heterocycles. The van der Waals surface area contributed by atoms with Gasteiger partial charge in [-0.1, -0.05) is 30.6 Å². The molecule has 0 aliphatic heterocycles. The van der Waals surface area contributed by atoms with E-state index in [4.69, 9.17) is 6.42 Å². The summed E-state index contributed by atoms with van der Waals surface area (Å²) in [6.07, 6.45) is 15.1. The summed E-state index contributed by atoms with van der Waals surface area (Å²) in [6.45, 7) is 6.65. The number of hydrogen-bond donors (Lipinski definition) is 1. The molecule has 0 spiro atoms. The number of halogens is 1. The van der Waals surface area contributed by atoms with Gasteiger partial charge in [-0.2, -0.15) is 0 Å². The Morgan fingerprint density at radius 1 is 1.36 bits per heavy atom. The summed E-state index contributed by atoms with van der Waals surface area (Å²) in [4.78, 5) is 11.8. The molecule has 6 atom stereocenters. The third-order valence-electron chi connectivity index (χ3n) is 7.94. The Bertz CT molecular complexity index is 672. The molecule has 3 saturated carbocycles. The highest BCUT2D eigenvalue weighted by atomic mass is 35.5. The first-order valence-corrected chi connectivity index (χ1v) is 9.57. The third-order valence-corrected chi connectivity index (χ3v) is 7.94. The largest absolute Gasteiger partial charge is 0.377 e. The average molecular weight is 361 g/mol. The van der Waals surface area contributed by atoms with Crippen LogP contribution in [0.2, 0.25) is 0 Å². The van der Waals surface area contributed by atoms with Crippen molar-refractivity contribution >= 4 is 18.2 Å². The van der Waals surface area contributed by atoms with Crippen LogP contribution in [0.3, 0.4) is 0 Å². The second-order valence-corrected chi connectivity index (χ2v) is 8.55. The highest BCUT2D eigenvalue weighted by molar-refractivity contribution is 5.91. The minimum absolute atomic E-state index is 0. The van der Waals surface area contributed by atoms with E-state index in [1.807, 2.05) is 6.08 Å². The zero-order chi connectivity index (χ0) is 17.1. The maximum Gasteiger partial charge on any atom is 0.155 e. The lowest BCUT2D eigenvalue weighted by Gasteiger charge is -2.56. The molecule has 4 aliphatic carbocycles. The molecule has 0 bridgehead atoms. The molecule has 3 heteroatoms. The van der Waals surface area contributed by atoms with Crippen molar-refractivity contribution in [3.8, 4) is 12.3 Å². The number of aliphatic hydroxyl groups is 1. The SMILES string of the molecule is C#C[C@]1(O)CC[C@H]2[C@@H]3CCC4=CC(=O)CC[C@@H]4[C@H]3C(=C)C[C@@]21CC.Cl. The number of rotatable bonds is 1. The van der Waals surface area contributed by atoms with E-state index < -0.39 is 5.60 Å². The van der Waals surface area contributed by atoms with Crippen LogP contribution in [0.4, 0.5) is 0 Å². The van der Waals surface area contributed by atoms with Gasteiger partial charge < -0.3 is 5.11 Å². The first kappa shape index (κ1) is 18.7. The van der Waals surface area contributed by atoms with Gasteiger partial charge in [-0.3, -0.25) is 4.79 Å². The Labute approximate surface area is 157 Å². The molecular weight excluding hydrogens is 332 g/mol. The van der Waals surface area contributed by atoms with E-state index in [-0.39, 0.29) is 17.8 Å². The monoisotopic (exact) mass is 360 g/mol. The van der Waals surface area contributed by atoms with Crippen molar-refractivity contribution in [2.24, 2.45) is 29.1 Å². The smallest absolute Gasteiger partial charge is 0.155 e. The van der Waals surface area contributed by atoms with Gasteiger partial charge >= 0.3 is 0 Å². The van der Waals surface area contributed by atoms with Crippen LogP contribution in [-0.2, 0) is 4.79 Å². The van der Waals surface area contributed by atoms with Crippen LogP contribution < -0.4 is 0 Å². The maximum atomic E-state index is 11.8. The number of fused-ring (bicyclic) bond motifs is 5. The van der Waals surface area contributed by atoms with Gasteiger partial charge in [0.15, 0.2) is 5.78 Å². The number of terminal acetylenes is 1. The number of carbonyl (C=O) groups is 1. The van der Waals surface area contributed by atoms with Gasteiger partial charge in [0, 0.05) is 11.8 Å². The summed E-state index contributed by atoms with van der Waals surface area (Å²) >= 11 is 0. The van der Waals surface area contributed by atoms with Crippen LogP contribution in [0.5, 0.6) is 0 Å². The highest BCUT2D eigenvalue weighted by Crippen LogP contribution is 2.67. The van der Waals surface area contributed by atoms with Crippen molar-refractivity contribution in [3.63, 3.8) is 0 Å². The van der Waals surface area contributed by atoms with Crippen LogP contribution in [-0.4, -0.2) is 16.5 Å². The molecule has 3 fully saturated rings. The van der Waals surface area contributed by atoms with Gasteiger partial charge in [0.1, 0.15) is 5.60 Å². The minimum atomic E-state index is -0.973. The summed E-state index contributed by atoms with van der Waals surface area (Å²) in [5.41, 5.74) is 1.48. The Kier molecular flexibility index (Phi) is 4.71. The first-order chi connectivity index (χ1) is 11.5. The second kappa shape index (κ2) is 6.29. The van der Waals surface area contributed by atoms with E-state index in [9.17, 15) is 9.90 Å². The number of ketones is 1. The summed E-state index contributed by atoms with van der Waals surface area (Å²) < 4.78 is 0. The van der Waals surface area contributed by atoms with Crippen LogP contribution in [0.1, 0.15) is 58.3 Å². The highest BCUT2D eigenvalue weighted by Gasteiger charge is 2.64. The zero-order valence-electron chi connectivity index (χ0n) is 15.1. The summed E-state index contributed by atoms with van der Waals surface area (Å²) in [6, 6.07) is 0. The molecule has 4 aliphatic rings. The van der Waals surface area contributed by atoms with Gasteiger partial charge in [-0.25, -0.2) is 0 Å². The van der Waals surface area contributed by atoms with Gasteiger partial charge in [0.2, 0.25) is 0 Å². The Morgan fingerprint density at radius 3 is 2.80 bits per heavy atom. The molecule has 25 heavy (non-hydrogen) atoms. The normalized spacial score (nSPS) is 45.4. The van der Waals surface area contributed by atoms with Crippen molar-refractivity contribution < 1.29 is 9.90 Å². The lowest BCUT2D eigenvalue weighted by Crippen LogP contribution is -2.54. The molecule has 4 rings (SSSR count). The molecule has 136 valence electrons. The predicted octanol–water partition coefficient (Wildman–Crippen LogP) is 4.47. The number of hydrogen-bond acceptors (Lipinski definition) is 2. The van der Waals surface area contributed by atoms with Crippen molar-refractivity contribution in [3.05, 3.63) is 23.8 Å². The molecule has 2 nitrogen and oxygen atoms in total. The van der Waals surface area contributed by atoms with Gasteiger partial charge in [-0.05, 0) is 74.7 Å². The topological polar surface area (TPSA) is 37.3 Å². The standard InChI is InChI=1S/C22H28O2.ClH/c1-4-21-13-14(3)20-17-9-7-16(23)12-15(17)6-8-18(20)19(21)10-11-22(21,24)5-2;/h2,12,17-20,24H,3-4,6-11,13H2,1H3;1H/t17-,18-,19-,20+,21-,22-;/m0./s1. The van der Waals surface area contributed by atoms with Crippen molar-refractivity contribution in [1.82, 2.24) is 0 Å². The fourth-order valence-electron chi connectivity index (χ4n) is 6.90. The van der Waals surface area contributed by atoms with Gasteiger partial charge in [0.05, 0.1) is 0 Å². The number of allylic oxidation sites excluding steroid dienone is 2. The van der Waals surface area contributed by atoms with E-state index in [0.29, 0.717) is 35.9 Å². The summed E-state index contributed by atoms with van der Waals surface area (Å²) in [7, 11) is 0. The Balaban J connectivity index is 0.00000182. The fourth-order valence-corrected chi connectivity index (χ4v) is 6.90. The van der Waals surface area contributed by atoms with E-state index in [2.05, 4.69) is 19.4 Å². The Hall–Kier alpha value is -1.04. The van der Waals surface area contributed by atoms with Crippen LogP contribution in [0.15, 0.2) is 23.8 Å². The summed E-state index contributed by atoms with van der Waals surface area (Å²) in [5, 5.41) is 11.2. The molecule has 0 amide bonds. The molecule has 1 N–H and O–H groups in total. The van der Waals surface area contributed by atoms with Crippen molar-refractivity contribution in [2.75, 3.05) is 0 Å². The quantitative estimate of drug-likeness (QED) is 0.553. The van der Waals surface area contributed by atoms with Crippen LogP contribution >= 0.6 is 12.4 Å². The van der Waals surface area contributed by atoms with Crippen LogP contribution in [0.25, 0.3) is 0 Å². The molecule has 0 radical (unpaired) electrons. The molecular formula is C22H29ClO2. The minimum Gasteiger partial charge on any atom is -0.377 e. The Morgan fingerprint density at radius 2 is 2.12 bits per heavy atom. The van der Waals surface area contributed by atoms with E-state index in [1.165, 1.54) is 11.1 Å². The van der Waals surface area contributed by atoms with Crippen molar-refractivity contribution in [1.29, 1.82) is 0 Å². The summed E-state index contributed by atoms with van der Waals surface area (Å²) in [5.74, 6) is 5.13. The average Bonchev–Trinajstić information content (AvgIpc) is 2.88. The maximum absolute atomic E-state index is 11.8. The molecule has 0 heterocycles. The predicted molar refractivity (Wildman–Crippen MR) is 102 cm³/mol. The lowest BCUT2D eigenvalue weighted by molar-refractivity contribution is -0.116. The van der Waals surface area contributed by atoms with E-state index in [0.717, 1.165) is 44.9 Å².